The number of rotatable bonds is 5. The molecule has 0 saturated carbocycles. The maximum atomic E-state index is 13.2. The third-order valence-corrected chi connectivity index (χ3v) is 2.44. The van der Waals surface area contributed by atoms with E-state index in [2.05, 4.69) is 0 Å². The highest BCUT2D eigenvalue weighted by atomic mass is 19.1. The van der Waals surface area contributed by atoms with E-state index in [0.29, 0.717) is 12.3 Å². The molecule has 1 nitrogen and oxygen atoms in total. The molecule has 88 valence electrons. The van der Waals surface area contributed by atoms with Crippen molar-refractivity contribution in [3.05, 3.63) is 35.4 Å². The molecule has 0 bridgehead atoms. The summed E-state index contributed by atoms with van der Waals surface area (Å²) >= 11 is 0. The third kappa shape index (κ3) is 3.72. The van der Waals surface area contributed by atoms with E-state index in [4.69, 9.17) is 0 Å². The van der Waals surface area contributed by atoms with E-state index < -0.39 is 11.6 Å². The van der Waals surface area contributed by atoms with Crippen molar-refractivity contribution < 1.29 is 13.6 Å². The van der Waals surface area contributed by atoms with E-state index in [1.807, 2.05) is 13.8 Å². The summed E-state index contributed by atoms with van der Waals surface area (Å²) in [5, 5.41) is 0. The molecule has 0 aliphatic rings. The molecule has 0 unspecified atom stereocenters. The fourth-order valence-electron chi connectivity index (χ4n) is 1.44. The van der Waals surface area contributed by atoms with Crippen LogP contribution >= 0.6 is 0 Å². The molecule has 0 spiro atoms. The Morgan fingerprint density at radius 3 is 2.31 bits per heavy atom. The molecule has 0 atom stereocenters. The number of halogens is 2. The van der Waals surface area contributed by atoms with Crippen LogP contribution < -0.4 is 0 Å². The van der Waals surface area contributed by atoms with Crippen LogP contribution in [0.4, 0.5) is 8.78 Å². The molecular formula is C13H16F2O. The first kappa shape index (κ1) is 12.8. The minimum absolute atomic E-state index is 0.113. The highest BCUT2D eigenvalue weighted by Crippen LogP contribution is 2.14. The van der Waals surface area contributed by atoms with Gasteiger partial charge < -0.3 is 0 Å². The van der Waals surface area contributed by atoms with Crippen molar-refractivity contribution in [3.8, 4) is 0 Å². The molecule has 0 amide bonds. The predicted molar refractivity (Wildman–Crippen MR) is 59.1 cm³/mol. The summed E-state index contributed by atoms with van der Waals surface area (Å²) in [6, 6.07) is 3.65. The van der Waals surface area contributed by atoms with Crippen molar-refractivity contribution in [2.45, 2.75) is 33.1 Å². The second-order valence-electron chi connectivity index (χ2n) is 4.35. The van der Waals surface area contributed by atoms with Crippen molar-refractivity contribution in [2.24, 2.45) is 5.92 Å². The summed E-state index contributed by atoms with van der Waals surface area (Å²) in [6.45, 7) is 4.02. The predicted octanol–water partition coefficient (Wildman–Crippen LogP) is 3.51. The number of benzene rings is 1. The summed E-state index contributed by atoms with van der Waals surface area (Å²) < 4.78 is 26.4. The molecule has 3 heteroatoms. The lowest BCUT2D eigenvalue weighted by molar-refractivity contribution is -0.118. The SMILES string of the molecule is CC(C)CCC(=O)Cc1c(F)cccc1F. The van der Waals surface area contributed by atoms with Crippen LogP contribution in [0.3, 0.4) is 0 Å². The monoisotopic (exact) mass is 226 g/mol. The van der Waals surface area contributed by atoms with Gasteiger partial charge in [-0.3, -0.25) is 4.79 Å². The van der Waals surface area contributed by atoms with Gasteiger partial charge in [-0.25, -0.2) is 8.78 Å². The first-order valence-corrected chi connectivity index (χ1v) is 5.45. The van der Waals surface area contributed by atoms with E-state index in [1.165, 1.54) is 18.2 Å². The third-order valence-electron chi connectivity index (χ3n) is 2.44. The molecule has 1 aromatic rings. The summed E-state index contributed by atoms with van der Waals surface area (Å²) in [7, 11) is 0. The van der Waals surface area contributed by atoms with E-state index in [0.717, 1.165) is 6.42 Å². The number of hydrogen-bond donors (Lipinski definition) is 0. The van der Waals surface area contributed by atoms with Crippen LogP contribution in [0.5, 0.6) is 0 Å². The maximum absolute atomic E-state index is 13.2. The Labute approximate surface area is 94.5 Å². The van der Waals surface area contributed by atoms with Crippen LogP contribution in [-0.2, 0) is 11.2 Å². The fraction of sp³-hybridized carbons (Fsp3) is 0.462. The standard InChI is InChI=1S/C13H16F2O/c1-9(2)6-7-10(16)8-11-12(14)4-3-5-13(11)15/h3-5,9H,6-8H2,1-2H3. The van der Waals surface area contributed by atoms with Crippen LogP contribution in [0.1, 0.15) is 32.3 Å². The van der Waals surface area contributed by atoms with Gasteiger partial charge in [0.2, 0.25) is 0 Å². The van der Waals surface area contributed by atoms with E-state index >= 15 is 0 Å². The van der Waals surface area contributed by atoms with Gasteiger partial charge in [-0.05, 0) is 24.5 Å². The van der Waals surface area contributed by atoms with Gasteiger partial charge in [0.15, 0.2) is 0 Å². The van der Waals surface area contributed by atoms with Crippen molar-refractivity contribution >= 4 is 5.78 Å². The average molecular weight is 226 g/mol. The zero-order chi connectivity index (χ0) is 12.1. The molecule has 0 saturated heterocycles. The topological polar surface area (TPSA) is 17.1 Å². The van der Waals surface area contributed by atoms with Crippen molar-refractivity contribution in [1.29, 1.82) is 0 Å². The lowest BCUT2D eigenvalue weighted by Gasteiger charge is -2.05. The quantitative estimate of drug-likeness (QED) is 0.750. The van der Waals surface area contributed by atoms with Gasteiger partial charge >= 0.3 is 0 Å². The molecular weight excluding hydrogens is 210 g/mol. The second-order valence-corrected chi connectivity index (χ2v) is 4.35. The largest absolute Gasteiger partial charge is 0.299 e. The van der Waals surface area contributed by atoms with Crippen LogP contribution in [0.15, 0.2) is 18.2 Å². The minimum atomic E-state index is -0.641. The highest BCUT2D eigenvalue weighted by molar-refractivity contribution is 5.80. The molecule has 0 aliphatic heterocycles. The molecule has 0 N–H and O–H groups in total. The van der Waals surface area contributed by atoms with Gasteiger partial charge in [0.25, 0.3) is 0 Å². The zero-order valence-electron chi connectivity index (χ0n) is 9.59. The number of Topliss-reactive ketones (excluding diaryl/α,β-unsaturated/α-hetero) is 1. The summed E-state index contributed by atoms with van der Waals surface area (Å²) in [5.41, 5.74) is -0.115. The van der Waals surface area contributed by atoms with Crippen LogP contribution in [0, 0.1) is 17.6 Å². The van der Waals surface area contributed by atoms with E-state index in [9.17, 15) is 13.6 Å². The molecule has 0 aromatic heterocycles. The number of carbonyl (C=O) groups is 1. The molecule has 1 rings (SSSR count). The van der Waals surface area contributed by atoms with Gasteiger partial charge in [-0.15, -0.1) is 0 Å². The Kier molecular flexibility index (Phi) is 4.59. The van der Waals surface area contributed by atoms with Crippen LogP contribution in [-0.4, -0.2) is 5.78 Å². The second kappa shape index (κ2) is 5.73. The van der Waals surface area contributed by atoms with Crippen molar-refractivity contribution in [2.75, 3.05) is 0 Å². The van der Waals surface area contributed by atoms with Gasteiger partial charge in [0.1, 0.15) is 17.4 Å². The lowest BCUT2D eigenvalue weighted by Crippen LogP contribution is -2.07. The van der Waals surface area contributed by atoms with Gasteiger partial charge in [0.05, 0.1) is 0 Å². The Morgan fingerprint density at radius 1 is 1.25 bits per heavy atom. The number of hydrogen-bond acceptors (Lipinski definition) is 1. The normalized spacial score (nSPS) is 10.8. The minimum Gasteiger partial charge on any atom is -0.299 e. The lowest BCUT2D eigenvalue weighted by atomic mass is 10.0. The molecule has 0 aliphatic carbocycles. The summed E-state index contributed by atoms with van der Waals surface area (Å²) in [5.74, 6) is -0.970. The smallest absolute Gasteiger partial charge is 0.137 e. The molecule has 0 heterocycles. The van der Waals surface area contributed by atoms with Crippen LogP contribution in [0.25, 0.3) is 0 Å². The van der Waals surface area contributed by atoms with Crippen molar-refractivity contribution in [3.63, 3.8) is 0 Å². The summed E-state index contributed by atoms with van der Waals surface area (Å²) in [6.07, 6.45) is 0.992. The Balaban J connectivity index is 2.63. The first-order valence-electron chi connectivity index (χ1n) is 5.45. The summed E-state index contributed by atoms with van der Waals surface area (Å²) in [4.78, 5) is 11.5. The number of carbonyl (C=O) groups excluding carboxylic acids is 1. The van der Waals surface area contributed by atoms with Gasteiger partial charge in [-0.2, -0.15) is 0 Å². The molecule has 1 aromatic carbocycles. The Morgan fingerprint density at radius 2 is 1.81 bits per heavy atom. The maximum Gasteiger partial charge on any atom is 0.137 e. The fourth-order valence-corrected chi connectivity index (χ4v) is 1.44. The number of ketones is 1. The average Bonchev–Trinajstić information content (AvgIpc) is 2.21. The zero-order valence-corrected chi connectivity index (χ0v) is 9.59. The van der Waals surface area contributed by atoms with Gasteiger partial charge in [0, 0.05) is 18.4 Å². The first-order chi connectivity index (χ1) is 7.50. The molecule has 0 fully saturated rings. The van der Waals surface area contributed by atoms with E-state index in [-0.39, 0.29) is 17.8 Å². The highest BCUT2D eigenvalue weighted by Gasteiger charge is 2.12. The molecule has 16 heavy (non-hydrogen) atoms. The van der Waals surface area contributed by atoms with Crippen molar-refractivity contribution in [1.82, 2.24) is 0 Å². The Hall–Kier alpha value is -1.25. The molecule has 0 radical (unpaired) electrons. The van der Waals surface area contributed by atoms with Gasteiger partial charge in [-0.1, -0.05) is 19.9 Å². The Bertz CT molecular complexity index is 352. The van der Waals surface area contributed by atoms with Crippen LogP contribution in [0.2, 0.25) is 0 Å². The van der Waals surface area contributed by atoms with E-state index in [1.54, 1.807) is 0 Å².